The fourth-order valence-electron chi connectivity index (χ4n) is 2.28. The van der Waals surface area contributed by atoms with Gasteiger partial charge in [0.1, 0.15) is 6.07 Å². The quantitative estimate of drug-likeness (QED) is 0.783. The van der Waals surface area contributed by atoms with Crippen molar-refractivity contribution in [1.82, 2.24) is 4.57 Å². The normalized spacial score (nSPS) is 10.5. The smallest absolute Gasteiger partial charge is 0.151 e. The molecule has 1 heterocycles. The number of aromatic nitrogens is 1. The van der Waals surface area contributed by atoms with E-state index in [0.29, 0.717) is 11.1 Å². The van der Waals surface area contributed by atoms with Crippen LogP contribution in [-0.2, 0) is 0 Å². The number of hydrogen-bond acceptors (Lipinski definition) is 2. The number of aldehydes is 1. The highest BCUT2D eigenvalue weighted by molar-refractivity contribution is 5.78. The highest BCUT2D eigenvalue weighted by atomic mass is 16.1. The molecule has 0 aliphatic carbocycles. The number of carbonyl (C=O) groups excluding carboxylic acids is 1. The van der Waals surface area contributed by atoms with Crippen LogP contribution in [-0.4, -0.2) is 10.9 Å². The lowest BCUT2D eigenvalue weighted by Crippen LogP contribution is -2.05. The Kier molecular flexibility index (Phi) is 3.52. The summed E-state index contributed by atoms with van der Waals surface area (Å²) in [6.07, 6.45) is 0.868. The summed E-state index contributed by atoms with van der Waals surface area (Å²) in [5.41, 5.74) is 4.04. The van der Waals surface area contributed by atoms with Crippen LogP contribution in [0, 0.1) is 18.3 Å². The molecule has 0 aliphatic heterocycles. The molecule has 2 aromatic rings. The van der Waals surface area contributed by atoms with Crippen LogP contribution in [0.2, 0.25) is 0 Å². The number of rotatable bonds is 3. The fourth-order valence-corrected chi connectivity index (χ4v) is 2.28. The lowest BCUT2D eigenvalue weighted by atomic mass is 10.1. The van der Waals surface area contributed by atoms with Crippen molar-refractivity contribution in [3.63, 3.8) is 0 Å². The fraction of sp³-hybridized carbons (Fsp3) is 0.250. The molecule has 3 nitrogen and oxygen atoms in total. The van der Waals surface area contributed by atoms with E-state index >= 15 is 0 Å². The average molecular weight is 252 g/mol. The monoisotopic (exact) mass is 252 g/mol. The van der Waals surface area contributed by atoms with Gasteiger partial charge in [-0.05, 0) is 31.0 Å². The molecule has 0 saturated carbocycles. The zero-order valence-electron chi connectivity index (χ0n) is 11.3. The molecule has 2 rings (SSSR count). The Bertz CT molecular complexity index is 660. The SMILES string of the molecule is Cc1c(C=O)cc(C(C)C)n1-c1ccccc1C#N. The molecular weight excluding hydrogens is 236 g/mol. The topological polar surface area (TPSA) is 45.8 Å². The maximum absolute atomic E-state index is 11.1. The van der Waals surface area contributed by atoms with Crippen molar-refractivity contribution < 1.29 is 4.79 Å². The van der Waals surface area contributed by atoms with Gasteiger partial charge < -0.3 is 4.57 Å². The van der Waals surface area contributed by atoms with E-state index in [4.69, 9.17) is 0 Å². The predicted molar refractivity (Wildman–Crippen MR) is 74.7 cm³/mol. The largest absolute Gasteiger partial charge is 0.316 e. The van der Waals surface area contributed by atoms with E-state index in [1.54, 1.807) is 6.07 Å². The van der Waals surface area contributed by atoms with Crippen LogP contribution >= 0.6 is 0 Å². The van der Waals surface area contributed by atoms with E-state index < -0.39 is 0 Å². The summed E-state index contributed by atoms with van der Waals surface area (Å²) in [6, 6.07) is 11.6. The average Bonchev–Trinajstić information content (AvgIpc) is 2.75. The van der Waals surface area contributed by atoms with Gasteiger partial charge in [0.15, 0.2) is 6.29 Å². The third-order valence-corrected chi connectivity index (χ3v) is 3.30. The Morgan fingerprint density at radius 3 is 2.58 bits per heavy atom. The van der Waals surface area contributed by atoms with Gasteiger partial charge in [0.25, 0.3) is 0 Å². The summed E-state index contributed by atoms with van der Waals surface area (Å²) in [5.74, 6) is 0.277. The number of nitrogens with zero attached hydrogens (tertiary/aromatic N) is 2. The van der Waals surface area contributed by atoms with Gasteiger partial charge >= 0.3 is 0 Å². The predicted octanol–water partition coefficient (Wildman–Crippen LogP) is 3.59. The highest BCUT2D eigenvalue weighted by Crippen LogP contribution is 2.27. The third kappa shape index (κ3) is 2.17. The second kappa shape index (κ2) is 5.11. The molecule has 3 heteroatoms. The van der Waals surface area contributed by atoms with Gasteiger partial charge in [0, 0.05) is 17.0 Å². The van der Waals surface area contributed by atoms with Crippen molar-refractivity contribution in [2.75, 3.05) is 0 Å². The van der Waals surface area contributed by atoms with Gasteiger partial charge in [-0.3, -0.25) is 4.79 Å². The summed E-state index contributed by atoms with van der Waals surface area (Å²) in [4.78, 5) is 11.1. The van der Waals surface area contributed by atoms with E-state index in [2.05, 4.69) is 19.9 Å². The minimum atomic E-state index is 0.277. The van der Waals surface area contributed by atoms with Crippen LogP contribution < -0.4 is 0 Å². The molecule has 0 spiro atoms. The molecule has 1 aromatic heterocycles. The molecule has 0 N–H and O–H groups in total. The number of hydrogen-bond donors (Lipinski definition) is 0. The molecule has 1 aromatic carbocycles. The Morgan fingerprint density at radius 1 is 1.32 bits per heavy atom. The number of benzene rings is 1. The molecule has 0 atom stereocenters. The van der Waals surface area contributed by atoms with Crippen molar-refractivity contribution in [1.29, 1.82) is 5.26 Å². The summed E-state index contributed by atoms with van der Waals surface area (Å²) >= 11 is 0. The first kappa shape index (κ1) is 13.1. The number of carbonyl (C=O) groups is 1. The van der Waals surface area contributed by atoms with Gasteiger partial charge in [-0.2, -0.15) is 5.26 Å². The van der Waals surface area contributed by atoms with Crippen LogP contribution in [0.5, 0.6) is 0 Å². The van der Waals surface area contributed by atoms with Crippen molar-refractivity contribution in [2.45, 2.75) is 26.7 Å². The first-order chi connectivity index (χ1) is 9.10. The van der Waals surface area contributed by atoms with Crippen molar-refractivity contribution in [3.05, 3.63) is 52.8 Å². The summed E-state index contributed by atoms with van der Waals surface area (Å²) in [5, 5.41) is 9.23. The van der Waals surface area contributed by atoms with E-state index in [1.807, 2.05) is 35.8 Å². The van der Waals surface area contributed by atoms with Gasteiger partial charge in [-0.25, -0.2) is 0 Å². The summed E-state index contributed by atoms with van der Waals surface area (Å²) in [6.45, 7) is 6.06. The molecular formula is C16H16N2O. The van der Waals surface area contributed by atoms with Crippen LogP contribution in [0.4, 0.5) is 0 Å². The molecule has 0 unspecified atom stereocenters. The number of nitriles is 1. The van der Waals surface area contributed by atoms with E-state index in [9.17, 15) is 10.1 Å². The maximum atomic E-state index is 11.1. The van der Waals surface area contributed by atoms with E-state index in [0.717, 1.165) is 23.4 Å². The Hall–Kier alpha value is -2.34. The molecule has 0 radical (unpaired) electrons. The minimum Gasteiger partial charge on any atom is -0.316 e. The minimum absolute atomic E-state index is 0.277. The molecule has 0 saturated heterocycles. The Morgan fingerprint density at radius 2 is 2.00 bits per heavy atom. The second-order valence-electron chi connectivity index (χ2n) is 4.85. The molecule has 0 amide bonds. The molecule has 0 bridgehead atoms. The Balaban J connectivity index is 2.78. The van der Waals surface area contributed by atoms with Gasteiger partial charge in [-0.1, -0.05) is 26.0 Å². The van der Waals surface area contributed by atoms with Gasteiger partial charge in [0.05, 0.1) is 11.3 Å². The lowest BCUT2D eigenvalue weighted by molar-refractivity contribution is 0.112. The molecule has 19 heavy (non-hydrogen) atoms. The molecule has 0 aliphatic rings. The van der Waals surface area contributed by atoms with E-state index in [1.165, 1.54) is 0 Å². The van der Waals surface area contributed by atoms with Crippen molar-refractivity contribution in [3.8, 4) is 11.8 Å². The van der Waals surface area contributed by atoms with Gasteiger partial charge in [-0.15, -0.1) is 0 Å². The first-order valence-electron chi connectivity index (χ1n) is 6.27. The maximum Gasteiger partial charge on any atom is 0.151 e. The Labute approximate surface area is 113 Å². The summed E-state index contributed by atoms with van der Waals surface area (Å²) < 4.78 is 2.01. The number of para-hydroxylation sites is 1. The standard InChI is InChI=1S/C16H16N2O/c1-11(2)16-8-14(10-19)12(3)18(16)15-7-5-4-6-13(15)9-17/h4-8,10-11H,1-3H3. The van der Waals surface area contributed by atoms with Crippen LogP contribution in [0.25, 0.3) is 5.69 Å². The van der Waals surface area contributed by atoms with Crippen molar-refractivity contribution in [2.24, 2.45) is 0 Å². The zero-order valence-corrected chi connectivity index (χ0v) is 11.3. The lowest BCUT2D eigenvalue weighted by Gasteiger charge is -2.15. The second-order valence-corrected chi connectivity index (χ2v) is 4.85. The van der Waals surface area contributed by atoms with Crippen LogP contribution in [0.3, 0.4) is 0 Å². The van der Waals surface area contributed by atoms with Crippen LogP contribution in [0.1, 0.15) is 47.1 Å². The molecule has 96 valence electrons. The first-order valence-corrected chi connectivity index (χ1v) is 6.27. The van der Waals surface area contributed by atoms with Crippen molar-refractivity contribution >= 4 is 6.29 Å². The highest BCUT2D eigenvalue weighted by Gasteiger charge is 2.17. The van der Waals surface area contributed by atoms with Gasteiger partial charge in [0.2, 0.25) is 0 Å². The van der Waals surface area contributed by atoms with Crippen LogP contribution in [0.15, 0.2) is 30.3 Å². The third-order valence-electron chi connectivity index (χ3n) is 3.30. The summed E-state index contributed by atoms with van der Waals surface area (Å²) in [7, 11) is 0. The van der Waals surface area contributed by atoms with E-state index in [-0.39, 0.29) is 5.92 Å². The molecule has 0 fully saturated rings. The zero-order chi connectivity index (χ0) is 14.0.